The SMILES string of the molecule is COc1cc2c(cc1OC)C(C)N(C(=O)C1Cc3ccccc3CN1Cc1c(F)cccc1OC)CC2. The highest BCUT2D eigenvalue weighted by molar-refractivity contribution is 5.83. The van der Waals surface area contributed by atoms with Crippen LogP contribution in [-0.2, 0) is 30.7 Å². The summed E-state index contributed by atoms with van der Waals surface area (Å²) in [6.45, 7) is 3.51. The van der Waals surface area contributed by atoms with Gasteiger partial charge >= 0.3 is 0 Å². The minimum atomic E-state index is -0.414. The van der Waals surface area contributed by atoms with Crippen LogP contribution in [0.15, 0.2) is 54.6 Å². The lowest BCUT2D eigenvalue weighted by molar-refractivity contribution is -0.140. The summed E-state index contributed by atoms with van der Waals surface area (Å²) in [6, 6.07) is 16.5. The summed E-state index contributed by atoms with van der Waals surface area (Å²) in [7, 11) is 4.80. The minimum Gasteiger partial charge on any atom is -0.496 e. The third-order valence-corrected chi connectivity index (χ3v) is 7.76. The van der Waals surface area contributed by atoms with Crippen LogP contribution in [0.1, 0.15) is 40.8 Å². The molecule has 2 atom stereocenters. The first kappa shape index (κ1) is 25.1. The first-order chi connectivity index (χ1) is 17.9. The van der Waals surface area contributed by atoms with Crippen molar-refractivity contribution in [3.8, 4) is 17.2 Å². The second kappa shape index (κ2) is 10.4. The molecule has 0 aliphatic carbocycles. The summed E-state index contributed by atoms with van der Waals surface area (Å²) in [6.07, 6.45) is 1.31. The number of fused-ring (bicyclic) bond motifs is 2. The van der Waals surface area contributed by atoms with Gasteiger partial charge in [0.15, 0.2) is 11.5 Å². The molecule has 7 heteroatoms. The summed E-state index contributed by atoms with van der Waals surface area (Å²) in [4.78, 5) is 18.2. The van der Waals surface area contributed by atoms with Crippen LogP contribution < -0.4 is 14.2 Å². The molecule has 1 amide bonds. The summed E-state index contributed by atoms with van der Waals surface area (Å²) in [5.41, 5.74) is 5.02. The summed E-state index contributed by atoms with van der Waals surface area (Å²) >= 11 is 0. The van der Waals surface area contributed by atoms with Gasteiger partial charge in [0.05, 0.1) is 33.4 Å². The van der Waals surface area contributed by atoms with Gasteiger partial charge in [-0.2, -0.15) is 0 Å². The smallest absolute Gasteiger partial charge is 0.240 e. The number of hydrogen-bond acceptors (Lipinski definition) is 5. The zero-order chi connectivity index (χ0) is 26.1. The zero-order valence-corrected chi connectivity index (χ0v) is 21.8. The molecule has 194 valence electrons. The van der Waals surface area contributed by atoms with Crippen LogP contribution in [0, 0.1) is 5.82 Å². The lowest BCUT2D eigenvalue weighted by Gasteiger charge is -2.42. The molecular formula is C30H33FN2O4. The molecule has 0 saturated carbocycles. The van der Waals surface area contributed by atoms with Crippen molar-refractivity contribution in [2.45, 2.75) is 44.9 Å². The second-order valence-electron chi connectivity index (χ2n) is 9.68. The third-order valence-electron chi connectivity index (χ3n) is 7.76. The van der Waals surface area contributed by atoms with E-state index in [1.807, 2.05) is 29.2 Å². The van der Waals surface area contributed by atoms with Crippen LogP contribution in [0.5, 0.6) is 17.2 Å². The average Bonchev–Trinajstić information content (AvgIpc) is 2.93. The maximum Gasteiger partial charge on any atom is 0.240 e. The minimum absolute atomic E-state index is 0.0535. The van der Waals surface area contributed by atoms with E-state index < -0.39 is 6.04 Å². The number of nitrogens with zero attached hydrogens (tertiary/aromatic N) is 2. The highest BCUT2D eigenvalue weighted by Gasteiger charge is 2.38. The topological polar surface area (TPSA) is 51.2 Å². The molecular weight excluding hydrogens is 471 g/mol. The van der Waals surface area contributed by atoms with E-state index in [2.05, 4.69) is 24.0 Å². The number of halogens is 1. The molecule has 0 radical (unpaired) electrons. The predicted molar refractivity (Wildman–Crippen MR) is 140 cm³/mol. The summed E-state index contributed by atoms with van der Waals surface area (Å²) in [5, 5.41) is 0. The normalized spacial score (nSPS) is 19.1. The van der Waals surface area contributed by atoms with Gasteiger partial charge in [0.1, 0.15) is 11.6 Å². The Morgan fingerprint density at radius 3 is 2.35 bits per heavy atom. The van der Waals surface area contributed by atoms with Crippen molar-refractivity contribution in [2.75, 3.05) is 27.9 Å². The van der Waals surface area contributed by atoms with Crippen LogP contribution in [0.2, 0.25) is 0 Å². The van der Waals surface area contributed by atoms with E-state index in [9.17, 15) is 9.18 Å². The van der Waals surface area contributed by atoms with Crippen molar-refractivity contribution < 1.29 is 23.4 Å². The van der Waals surface area contributed by atoms with Crippen LogP contribution >= 0.6 is 0 Å². The van der Waals surface area contributed by atoms with Gasteiger partial charge in [-0.15, -0.1) is 0 Å². The first-order valence-corrected chi connectivity index (χ1v) is 12.6. The Hall–Kier alpha value is -3.58. The largest absolute Gasteiger partial charge is 0.496 e. The molecule has 3 aromatic carbocycles. The summed E-state index contributed by atoms with van der Waals surface area (Å²) in [5.74, 6) is 1.57. The highest BCUT2D eigenvalue weighted by atomic mass is 19.1. The quantitative estimate of drug-likeness (QED) is 0.477. The molecule has 37 heavy (non-hydrogen) atoms. The molecule has 0 saturated heterocycles. The van der Waals surface area contributed by atoms with Gasteiger partial charge in [-0.1, -0.05) is 30.3 Å². The van der Waals surface area contributed by atoms with E-state index in [1.54, 1.807) is 33.5 Å². The monoisotopic (exact) mass is 504 g/mol. The fourth-order valence-electron chi connectivity index (χ4n) is 5.71. The van der Waals surface area contributed by atoms with Crippen molar-refractivity contribution in [1.82, 2.24) is 9.80 Å². The molecule has 5 rings (SSSR count). The number of methoxy groups -OCH3 is 3. The molecule has 6 nitrogen and oxygen atoms in total. The number of rotatable bonds is 6. The van der Waals surface area contributed by atoms with Gasteiger partial charge in [0, 0.05) is 25.2 Å². The Kier molecular flexibility index (Phi) is 7.07. The van der Waals surface area contributed by atoms with Crippen LogP contribution in [0.25, 0.3) is 0 Å². The van der Waals surface area contributed by atoms with Gasteiger partial charge in [-0.25, -0.2) is 4.39 Å². The van der Waals surface area contributed by atoms with Gasteiger partial charge in [-0.05, 0) is 66.3 Å². The number of benzene rings is 3. The fraction of sp³-hybridized carbons (Fsp3) is 0.367. The van der Waals surface area contributed by atoms with E-state index in [0.717, 1.165) is 28.7 Å². The number of amides is 1. The molecule has 2 aliphatic rings. The van der Waals surface area contributed by atoms with Crippen molar-refractivity contribution in [1.29, 1.82) is 0 Å². The molecule has 0 N–H and O–H groups in total. The Bertz CT molecular complexity index is 1310. The van der Waals surface area contributed by atoms with E-state index in [4.69, 9.17) is 14.2 Å². The van der Waals surface area contributed by atoms with E-state index in [1.165, 1.54) is 6.07 Å². The lowest BCUT2D eigenvalue weighted by atomic mass is 9.89. The van der Waals surface area contributed by atoms with Gasteiger partial charge in [0.25, 0.3) is 0 Å². The number of hydrogen-bond donors (Lipinski definition) is 0. The first-order valence-electron chi connectivity index (χ1n) is 12.6. The average molecular weight is 505 g/mol. The molecule has 0 fully saturated rings. The summed E-state index contributed by atoms with van der Waals surface area (Å²) < 4.78 is 31.4. The molecule has 0 bridgehead atoms. The third kappa shape index (κ3) is 4.64. The predicted octanol–water partition coefficient (Wildman–Crippen LogP) is 4.92. The maximum absolute atomic E-state index is 14.9. The van der Waals surface area contributed by atoms with E-state index in [-0.39, 0.29) is 24.3 Å². The Morgan fingerprint density at radius 1 is 0.919 bits per heavy atom. The van der Waals surface area contributed by atoms with Crippen LogP contribution in [0.4, 0.5) is 4.39 Å². The standard InChI is InChI=1S/C30H33FN2O4/c1-19-23-16-29(37-4)28(36-3)15-21(23)12-13-33(19)30(34)26-14-20-8-5-6-9-22(20)17-32(26)18-24-25(31)10-7-11-27(24)35-2/h5-11,15-16,19,26H,12-14,17-18H2,1-4H3. The van der Waals surface area contributed by atoms with Crippen LogP contribution in [0.3, 0.4) is 0 Å². The maximum atomic E-state index is 14.9. The molecule has 2 unspecified atom stereocenters. The van der Waals surface area contributed by atoms with Gasteiger partial charge < -0.3 is 19.1 Å². The fourth-order valence-corrected chi connectivity index (χ4v) is 5.71. The van der Waals surface area contributed by atoms with E-state index >= 15 is 0 Å². The Morgan fingerprint density at radius 2 is 1.62 bits per heavy atom. The molecule has 0 aromatic heterocycles. The zero-order valence-electron chi connectivity index (χ0n) is 21.8. The van der Waals surface area contributed by atoms with Crippen molar-refractivity contribution >= 4 is 5.91 Å². The van der Waals surface area contributed by atoms with Gasteiger partial charge in [0.2, 0.25) is 5.91 Å². The molecule has 3 aromatic rings. The number of ether oxygens (including phenoxy) is 3. The lowest BCUT2D eigenvalue weighted by Crippen LogP contribution is -2.53. The molecule has 2 aliphatic heterocycles. The molecule has 0 spiro atoms. The van der Waals surface area contributed by atoms with Crippen molar-refractivity contribution in [3.05, 3.63) is 88.2 Å². The van der Waals surface area contributed by atoms with Crippen LogP contribution in [-0.4, -0.2) is 49.6 Å². The van der Waals surface area contributed by atoms with Crippen molar-refractivity contribution in [3.63, 3.8) is 0 Å². The number of carbonyl (C=O) groups excluding carboxylic acids is 1. The highest BCUT2D eigenvalue weighted by Crippen LogP contribution is 2.39. The Labute approximate surface area is 217 Å². The number of carbonyl (C=O) groups is 1. The van der Waals surface area contributed by atoms with Gasteiger partial charge in [-0.3, -0.25) is 9.69 Å². The molecule has 2 heterocycles. The van der Waals surface area contributed by atoms with E-state index in [0.29, 0.717) is 42.3 Å². The Balaban J connectivity index is 1.48. The van der Waals surface area contributed by atoms with Crippen molar-refractivity contribution in [2.24, 2.45) is 0 Å². The second-order valence-corrected chi connectivity index (χ2v) is 9.68.